The molecule has 0 fully saturated rings. The van der Waals surface area contributed by atoms with E-state index in [-0.39, 0.29) is 17.1 Å². The summed E-state index contributed by atoms with van der Waals surface area (Å²) in [6.45, 7) is 5.53. The van der Waals surface area contributed by atoms with Crippen molar-refractivity contribution in [2.24, 2.45) is 0 Å². The van der Waals surface area contributed by atoms with Gasteiger partial charge in [0.15, 0.2) is 17.2 Å². The minimum atomic E-state index is -4.62. The minimum absolute atomic E-state index is 0.0461. The lowest BCUT2D eigenvalue weighted by molar-refractivity contribution is -0.132. The Morgan fingerprint density at radius 3 is 2.40 bits per heavy atom. The lowest BCUT2D eigenvalue weighted by Crippen LogP contribution is -2.39. The summed E-state index contributed by atoms with van der Waals surface area (Å²) in [5, 5.41) is 0. The van der Waals surface area contributed by atoms with Gasteiger partial charge in [0, 0.05) is 18.2 Å². The first-order valence-electron chi connectivity index (χ1n) is 13.0. The first-order valence-corrected chi connectivity index (χ1v) is 13.0. The Morgan fingerprint density at radius 2 is 1.77 bits per heavy atom. The van der Waals surface area contributed by atoms with Gasteiger partial charge in [0.25, 0.3) is 0 Å². The third-order valence-electron chi connectivity index (χ3n) is 6.16. The van der Waals surface area contributed by atoms with Crippen molar-refractivity contribution in [2.45, 2.75) is 45.9 Å². The van der Waals surface area contributed by atoms with Crippen molar-refractivity contribution < 1.29 is 45.8 Å². The molecule has 0 saturated carbocycles. The molecule has 0 radical (unpaired) electrons. The Kier molecular flexibility index (Phi) is 8.65. The molecule has 4 rings (SSSR count). The summed E-state index contributed by atoms with van der Waals surface area (Å²) >= 11 is 0. The van der Waals surface area contributed by atoms with Gasteiger partial charge in [-0.15, -0.1) is 0 Å². The highest BCUT2D eigenvalue weighted by Gasteiger charge is 2.33. The number of hydrogen-bond acceptors (Lipinski definition) is 6. The molecule has 0 atom stereocenters. The van der Waals surface area contributed by atoms with Gasteiger partial charge in [-0.2, -0.15) is 17.6 Å². The molecule has 0 aliphatic carbocycles. The molecule has 1 amide bonds. The third-order valence-corrected chi connectivity index (χ3v) is 6.16. The Hall–Kier alpha value is -4.68. The van der Waals surface area contributed by atoms with Crippen LogP contribution in [0.15, 0.2) is 54.9 Å². The molecule has 43 heavy (non-hydrogen) atoms. The van der Waals surface area contributed by atoms with Gasteiger partial charge in [-0.1, -0.05) is 12.1 Å². The summed E-state index contributed by atoms with van der Waals surface area (Å²) < 4.78 is 85.7. The molecule has 0 aliphatic rings. The molecule has 2 aromatic carbocycles. The largest absolute Gasteiger partial charge is 0.465 e. The second-order valence-corrected chi connectivity index (χ2v) is 10.6. The van der Waals surface area contributed by atoms with Crippen LogP contribution in [-0.2, 0) is 9.47 Å². The first-order chi connectivity index (χ1) is 20.1. The number of carbonyl (C=O) groups is 2. The number of imidazole rings is 1. The Labute approximate surface area is 243 Å². The highest BCUT2D eigenvalue weighted by atomic mass is 19.4. The van der Waals surface area contributed by atoms with Crippen LogP contribution in [0.25, 0.3) is 16.9 Å². The minimum Gasteiger partial charge on any atom is -0.465 e. The molecule has 0 aliphatic heterocycles. The number of alkyl halides is 3. The van der Waals surface area contributed by atoms with E-state index in [4.69, 9.17) is 14.2 Å². The van der Waals surface area contributed by atoms with E-state index >= 15 is 0 Å². The third kappa shape index (κ3) is 7.22. The second kappa shape index (κ2) is 11.9. The van der Waals surface area contributed by atoms with Gasteiger partial charge in [0.1, 0.15) is 11.4 Å². The highest BCUT2D eigenvalue weighted by Crippen LogP contribution is 2.36. The average Bonchev–Trinajstić information content (AvgIpc) is 3.33. The van der Waals surface area contributed by atoms with Gasteiger partial charge in [-0.3, -0.25) is 9.30 Å². The number of fused-ring (bicyclic) bond motifs is 1. The smallest absolute Gasteiger partial charge is 0.414 e. The fraction of sp³-hybridized carbons (Fsp3) is 0.300. The molecule has 0 bridgehead atoms. The maximum Gasteiger partial charge on any atom is 0.414 e. The molecule has 2 aromatic heterocycles. The van der Waals surface area contributed by atoms with E-state index in [0.29, 0.717) is 22.4 Å². The molecule has 0 N–H and O–H groups in total. The van der Waals surface area contributed by atoms with E-state index < -0.39 is 54.2 Å². The number of aromatic nitrogens is 2. The molecule has 0 saturated heterocycles. The van der Waals surface area contributed by atoms with E-state index in [2.05, 4.69) is 4.98 Å². The van der Waals surface area contributed by atoms with Crippen molar-refractivity contribution >= 4 is 23.4 Å². The molecule has 13 heteroatoms. The summed E-state index contributed by atoms with van der Waals surface area (Å²) in [5.74, 6) is -3.65. The van der Waals surface area contributed by atoms with Crippen molar-refractivity contribution in [3.63, 3.8) is 0 Å². The summed E-state index contributed by atoms with van der Waals surface area (Å²) in [4.78, 5) is 30.5. The number of ether oxygens (including phenoxy) is 3. The number of pyridine rings is 1. The number of aryl methyl sites for hydroxylation is 1. The van der Waals surface area contributed by atoms with Crippen LogP contribution in [0.5, 0.6) is 11.5 Å². The predicted molar refractivity (Wildman–Crippen MR) is 147 cm³/mol. The highest BCUT2D eigenvalue weighted by molar-refractivity contribution is 5.94. The number of esters is 1. The monoisotopic (exact) mass is 605 g/mol. The molecule has 4 aromatic rings. The Balaban J connectivity index is 1.93. The van der Waals surface area contributed by atoms with Gasteiger partial charge in [-0.05, 0) is 57.5 Å². The van der Waals surface area contributed by atoms with E-state index in [1.807, 2.05) is 0 Å². The zero-order chi connectivity index (χ0) is 31.7. The number of rotatable bonds is 7. The topological polar surface area (TPSA) is 82.4 Å². The van der Waals surface area contributed by atoms with Crippen LogP contribution >= 0.6 is 0 Å². The molecule has 228 valence electrons. The number of halogens is 5. The number of nitrogens with zero attached hydrogens (tertiary/aromatic N) is 3. The van der Waals surface area contributed by atoms with Crippen LogP contribution in [0, 0.1) is 18.6 Å². The lowest BCUT2D eigenvalue weighted by atomic mass is 10.0. The number of methoxy groups -OCH3 is 1. The molecular weight excluding hydrogens is 577 g/mol. The number of benzene rings is 2. The van der Waals surface area contributed by atoms with Crippen molar-refractivity contribution in [2.75, 3.05) is 18.6 Å². The zero-order valence-corrected chi connectivity index (χ0v) is 23.9. The van der Waals surface area contributed by atoms with E-state index in [9.17, 15) is 31.5 Å². The normalized spacial score (nSPS) is 11.9. The Bertz CT molecular complexity index is 1680. The van der Waals surface area contributed by atoms with Crippen molar-refractivity contribution in [1.29, 1.82) is 0 Å². The number of carbonyl (C=O) groups excluding carboxylic acids is 2. The number of anilines is 1. The van der Waals surface area contributed by atoms with Crippen LogP contribution < -0.4 is 9.64 Å². The van der Waals surface area contributed by atoms with Crippen molar-refractivity contribution in [3.05, 3.63) is 77.6 Å². The van der Waals surface area contributed by atoms with Gasteiger partial charge < -0.3 is 14.2 Å². The summed E-state index contributed by atoms with van der Waals surface area (Å²) in [6, 6.07) is 9.30. The number of amides is 1. The summed E-state index contributed by atoms with van der Waals surface area (Å²) in [7, 11) is 1.25. The Morgan fingerprint density at radius 1 is 1.05 bits per heavy atom. The molecule has 0 unspecified atom stereocenters. The molecular formula is C30H28F5N3O5. The van der Waals surface area contributed by atoms with Crippen molar-refractivity contribution in [3.8, 4) is 22.8 Å². The fourth-order valence-electron chi connectivity index (χ4n) is 4.23. The first kappa shape index (κ1) is 31.3. The summed E-state index contributed by atoms with van der Waals surface area (Å²) in [6.07, 6.45) is -4.30. The van der Waals surface area contributed by atoms with Gasteiger partial charge in [-0.25, -0.2) is 19.0 Å². The van der Waals surface area contributed by atoms with E-state index in [0.717, 1.165) is 11.0 Å². The number of hydrogen-bond donors (Lipinski definition) is 0. The SMILES string of the molecule is COC(=O)c1ccc(-c2cnc3c(N(CCC(F)(F)F)C(=O)OC(C)(C)C)cc(Oc4cccc(F)c4F)cn23)cc1C. The maximum absolute atomic E-state index is 14.5. The molecule has 8 nitrogen and oxygen atoms in total. The van der Waals surface area contributed by atoms with Gasteiger partial charge in [0.05, 0.1) is 42.9 Å². The standard InChI is InChI=1S/C30H28F5N3O5/c1-17-13-18(9-10-20(17)27(39)41-5)23-15-36-26-22(37(12-11-30(33,34)35)28(40)43-29(2,3)4)14-19(16-38(23)26)42-24-8-6-7-21(31)25(24)32/h6-10,13-16H,11-12H2,1-5H3. The van der Waals surface area contributed by atoms with Crippen LogP contribution in [0.4, 0.5) is 32.4 Å². The zero-order valence-electron chi connectivity index (χ0n) is 23.9. The van der Waals surface area contributed by atoms with Crippen LogP contribution in [-0.4, -0.2) is 46.9 Å². The van der Waals surface area contributed by atoms with Crippen LogP contribution in [0.3, 0.4) is 0 Å². The second-order valence-electron chi connectivity index (χ2n) is 10.6. The summed E-state index contributed by atoms with van der Waals surface area (Å²) in [5.41, 5.74) is 0.663. The van der Waals surface area contributed by atoms with E-state index in [1.165, 1.54) is 48.2 Å². The van der Waals surface area contributed by atoms with Crippen LogP contribution in [0.2, 0.25) is 0 Å². The fourth-order valence-corrected chi connectivity index (χ4v) is 4.23. The molecule has 0 spiro atoms. The maximum atomic E-state index is 14.5. The van der Waals surface area contributed by atoms with Crippen molar-refractivity contribution in [1.82, 2.24) is 9.38 Å². The lowest BCUT2D eigenvalue weighted by Gasteiger charge is -2.28. The van der Waals surface area contributed by atoms with E-state index in [1.54, 1.807) is 39.8 Å². The van der Waals surface area contributed by atoms with Gasteiger partial charge in [0.2, 0.25) is 5.82 Å². The van der Waals surface area contributed by atoms with Gasteiger partial charge >= 0.3 is 18.2 Å². The molecule has 2 heterocycles. The average molecular weight is 606 g/mol. The van der Waals surface area contributed by atoms with Crippen LogP contribution in [0.1, 0.15) is 43.1 Å². The predicted octanol–water partition coefficient (Wildman–Crippen LogP) is 7.86. The quantitative estimate of drug-likeness (QED) is 0.158.